The van der Waals surface area contributed by atoms with Crippen molar-refractivity contribution in [3.63, 3.8) is 0 Å². The van der Waals surface area contributed by atoms with Crippen molar-refractivity contribution < 1.29 is 4.74 Å². The lowest BCUT2D eigenvalue weighted by Crippen LogP contribution is -2.52. The minimum absolute atomic E-state index is 0.191. The summed E-state index contributed by atoms with van der Waals surface area (Å²) in [5.41, 5.74) is 0.877. The Bertz CT molecular complexity index is 300. The molecule has 2 aliphatic rings. The Morgan fingerprint density at radius 3 is 2.42 bits per heavy atom. The largest absolute Gasteiger partial charge is 0.381 e. The fourth-order valence-corrected chi connectivity index (χ4v) is 3.28. The van der Waals surface area contributed by atoms with Crippen molar-refractivity contribution in [3.05, 3.63) is 0 Å². The smallest absolute Gasteiger partial charge is 0.0547 e. The first-order valence-corrected chi connectivity index (χ1v) is 7.80. The summed E-state index contributed by atoms with van der Waals surface area (Å²) < 4.78 is 5.74. The van der Waals surface area contributed by atoms with Crippen molar-refractivity contribution in [1.29, 1.82) is 0 Å². The Morgan fingerprint density at radius 2 is 1.95 bits per heavy atom. The van der Waals surface area contributed by atoms with Crippen LogP contribution in [0.15, 0.2) is 0 Å². The molecule has 0 saturated carbocycles. The number of hydrogen-bond donors (Lipinski definition) is 1. The second-order valence-corrected chi connectivity index (χ2v) is 8.24. The Hall–Kier alpha value is -0.120. The van der Waals surface area contributed by atoms with E-state index in [9.17, 15) is 0 Å². The molecule has 0 aromatic rings. The monoisotopic (exact) mass is 268 g/mol. The molecule has 1 unspecified atom stereocenters. The second kappa shape index (κ2) is 5.34. The highest BCUT2D eigenvalue weighted by Crippen LogP contribution is 2.36. The molecule has 1 atom stereocenters. The van der Waals surface area contributed by atoms with Crippen molar-refractivity contribution in [2.24, 2.45) is 5.41 Å². The van der Waals surface area contributed by atoms with Gasteiger partial charge in [0, 0.05) is 36.2 Å². The van der Waals surface area contributed by atoms with Gasteiger partial charge in [0.2, 0.25) is 0 Å². The van der Waals surface area contributed by atoms with Crippen LogP contribution >= 0.6 is 0 Å². The number of rotatable bonds is 4. The maximum atomic E-state index is 5.74. The molecule has 0 radical (unpaired) electrons. The van der Waals surface area contributed by atoms with Crippen molar-refractivity contribution in [3.8, 4) is 0 Å². The quantitative estimate of drug-likeness (QED) is 0.848. The van der Waals surface area contributed by atoms with Gasteiger partial charge in [-0.3, -0.25) is 4.90 Å². The average molecular weight is 268 g/mol. The van der Waals surface area contributed by atoms with Crippen LogP contribution in [-0.2, 0) is 4.74 Å². The van der Waals surface area contributed by atoms with Crippen molar-refractivity contribution in [2.75, 3.05) is 32.8 Å². The second-order valence-electron chi connectivity index (χ2n) is 8.24. The fraction of sp³-hybridized carbons (Fsp3) is 1.00. The predicted molar refractivity (Wildman–Crippen MR) is 80.5 cm³/mol. The molecule has 0 aliphatic carbocycles. The van der Waals surface area contributed by atoms with Crippen LogP contribution in [-0.4, -0.2) is 48.8 Å². The van der Waals surface area contributed by atoms with Crippen LogP contribution in [0.3, 0.4) is 0 Å². The third kappa shape index (κ3) is 3.93. The first kappa shape index (κ1) is 15.3. The summed E-state index contributed by atoms with van der Waals surface area (Å²) in [6.45, 7) is 16.9. The van der Waals surface area contributed by atoms with E-state index in [0.717, 1.165) is 19.8 Å². The molecule has 2 heterocycles. The minimum Gasteiger partial charge on any atom is -0.381 e. The first-order chi connectivity index (χ1) is 8.73. The first-order valence-electron chi connectivity index (χ1n) is 7.80. The molecule has 2 rings (SSSR count). The van der Waals surface area contributed by atoms with Gasteiger partial charge in [-0.1, -0.05) is 0 Å². The van der Waals surface area contributed by atoms with Crippen LogP contribution in [0.4, 0.5) is 0 Å². The zero-order valence-electron chi connectivity index (χ0n) is 13.5. The van der Waals surface area contributed by atoms with E-state index in [-0.39, 0.29) is 5.54 Å². The van der Waals surface area contributed by atoms with E-state index >= 15 is 0 Å². The molecule has 2 fully saturated rings. The molecule has 3 nitrogen and oxygen atoms in total. The summed E-state index contributed by atoms with van der Waals surface area (Å²) in [4.78, 5) is 2.69. The van der Waals surface area contributed by atoms with Gasteiger partial charge in [0.15, 0.2) is 0 Å². The standard InChI is InChI=1S/C16H32N2O/c1-14(2,3)17-11-16(8-10-19-13-16)12-18-9-6-7-15(18,4)5/h17H,6-13H2,1-5H3. The van der Waals surface area contributed by atoms with Crippen molar-refractivity contribution >= 4 is 0 Å². The summed E-state index contributed by atoms with van der Waals surface area (Å²) in [7, 11) is 0. The van der Waals surface area contributed by atoms with Crippen molar-refractivity contribution in [2.45, 2.75) is 65.0 Å². The van der Waals surface area contributed by atoms with E-state index in [0.29, 0.717) is 11.0 Å². The molecule has 19 heavy (non-hydrogen) atoms. The van der Waals surface area contributed by atoms with Gasteiger partial charge >= 0.3 is 0 Å². The lowest BCUT2D eigenvalue weighted by Gasteiger charge is -2.40. The predicted octanol–water partition coefficient (Wildman–Crippen LogP) is 2.66. The molecule has 1 N–H and O–H groups in total. The Balaban J connectivity index is 1.99. The van der Waals surface area contributed by atoms with Crippen LogP contribution in [0.25, 0.3) is 0 Å². The molecule has 0 bridgehead atoms. The number of ether oxygens (including phenoxy) is 1. The van der Waals surface area contributed by atoms with Crippen LogP contribution in [0.2, 0.25) is 0 Å². The van der Waals surface area contributed by atoms with Gasteiger partial charge in [0.25, 0.3) is 0 Å². The van der Waals surface area contributed by atoms with Gasteiger partial charge < -0.3 is 10.1 Å². The highest BCUT2D eigenvalue weighted by Gasteiger charge is 2.42. The summed E-state index contributed by atoms with van der Waals surface area (Å²) in [5, 5.41) is 3.70. The Labute approximate surface area is 119 Å². The van der Waals surface area contributed by atoms with E-state index in [1.165, 1.54) is 32.4 Å². The summed E-state index contributed by atoms with van der Waals surface area (Å²) in [6, 6.07) is 0. The fourth-order valence-electron chi connectivity index (χ4n) is 3.28. The number of nitrogens with zero attached hydrogens (tertiary/aromatic N) is 1. The highest BCUT2D eigenvalue weighted by atomic mass is 16.5. The molecule has 0 amide bonds. The van der Waals surface area contributed by atoms with Crippen LogP contribution in [0.5, 0.6) is 0 Å². The lowest BCUT2D eigenvalue weighted by atomic mass is 9.84. The number of hydrogen-bond acceptors (Lipinski definition) is 3. The molecular weight excluding hydrogens is 236 g/mol. The zero-order chi connectivity index (χ0) is 14.1. The SMILES string of the molecule is CC(C)(C)NCC1(CN2CCCC2(C)C)CCOC1. The Morgan fingerprint density at radius 1 is 1.21 bits per heavy atom. The molecule has 3 heteroatoms. The molecule has 2 saturated heterocycles. The molecule has 112 valence electrons. The van der Waals surface area contributed by atoms with Crippen molar-refractivity contribution in [1.82, 2.24) is 10.2 Å². The van der Waals surface area contributed by atoms with Gasteiger partial charge in [-0.2, -0.15) is 0 Å². The van der Waals surface area contributed by atoms with E-state index < -0.39 is 0 Å². The van der Waals surface area contributed by atoms with Gasteiger partial charge in [0.1, 0.15) is 0 Å². The van der Waals surface area contributed by atoms with E-state index in [1.807, 2.05) is 0 Å². The van der Waals surface area contributed by atoms with E-state index in [2.05, 4.69) is 44.8 Å². The summed E-state index contributed by atoms with van der Waals surface area (Å²) in [5.74, 6) is 0. The topological polar surface area (TPSA) is 24.5 Å². The maximum absolute atomic E-state index is 5.74. The third-order valence-corrected chi connectivity index (χ3v) is 4.78. The molecule has 2 aliphatic heterocycles. The number of nitrogens with one attached hydrogen (secondary N) is 1. The highest BCUT2D eigenvalue weighted by molar-refractivity contribution is 4.96. The van der Waals surface area contributed by atoms with Gasteiger partial charge in [-0.15, -0.1) is 0 Å². The van der Waals surface area contributed by atoms with E-state index in [4.69, 9.17) is 4.74 Å². The van der Waals surface area contributed by atoms with Gasteiger partial charge in [-0.05, 0) is 60.4 Å². The van der Waals surface area contributed by atoms with Gasteiger partial charge in [0.05, 0.1) is 6.61 Å². The van der Waals surface area contributed by atoms with Crippen LogP contribution < -0.4 is 5.32 Å². The van der Waals surface area contributed by atoms with E-state index in [1.54, 1.807) is 0 Å². The van der Waals surface area contributed by atoms with Gasteiger partial charge in [-0.25, -0.2) is 0 Å². The Kier molecular flexibility index (Phi) is 4.29. The number of likely N-dealkylation sites (tertiary alicyclic amines) is 1. The minimum atomic E-state index is 0.191. The lowest BCUT2D eigenvalue weighted by molar-refractivity contribution is 0.0723. The third-order valence-electron chi connectivity index (χ3n) is 4.78. The summed E-state index contributed by atoms with van der Waals surface area (Å²) in [6.07, 6.45) is 3.87. The summed E-state index contributed by atoms with van der Waals surface area (Å²) >= 11 is 0. The molecule has 0 aromatic heterocycles. The maximum Gasteiger partial charge on any atom is 0.0547 e. The molecule has 0 spiro atoms. The molecular formula is C16H32N2O. The van der Waals surface area contributed by atoms with Crippen LogP contribution in [0.1, 0.15) is 53.9 Å². The van der Waals surface area contributed by atoms with Crippen LogP contribution in [0, 0.1) is 5.41 Å². The molecule has 0 aromatic carbocycles. The average Bonchev–Trinajstić information content (AvgIpc) is 2.85. The zero-order valence-corrected chi connectivity index (χ0v) is 13.5. The normalized spacial score (nSPS) is 32.1.